The van der Waals surface area contributed by atoms with Crippen LogP contribution in [0.1, 0.15) is 15.9 Å². The highest BCUT2D eigenvalue weighted by Crippen LogP contribution is 2.26. The summed E-state index contributed by atoms with van der Waals surface area (Å²) in [6.45, 7) is 0. The summed E-state index contributed by atoms with van der Waals surface area (Å²) in [5, 5.41) is 10.9. The molecule has 1 N–H and O–H groups in total. The molecule has 0 aliphatic heterocycles. The topological polar surface area (TPSA) is 59.3 Å². The van der Waals surface area contributed by atoms with Crippen molar-refractivity contribution in [2.75, 3.05) is 0 Å². The number of thiophene rings is 1. The van der Waals surface area contributed by atoms with Crippen LogP contribution in [0.4, 0.5) is 0 Å². The van der Waals surface area contributed by atoms with Gasteiger partial charge in [0.2, 0.25) is 0 Å². The number of nitrogens with one attached hydrogen (secondary N) is 1. The van der Waals surface area contributed by atoms with E-state index < -0.39 is 0 Å². The van der Waals surface area contributed by atoms with Crippen molar-refractivity contribution in [1.82, 2.24) is 15.2 Å². The molecule has 4 rings (SSSR count). The summed E-state index contributed by atoms with van der Waals surface area (Å²) >= 11 is 4.98. The Morgan fingerprint density at radius 1 is 1.07 bits per heavy atom. The van der Waals surface area contributed by atoms with Crippen LogP contribution in [0.25, 0.3) is 16.3 Å². The van der Waals surface area contributed by atoms with Gasteiger partial charge in [-0.3, -0.25) is 4.79 Å². The van der Waals surface area contributed by atoms with Gasteiger partial charge in [-0.2, -0.15) is 10.2 Å². The van der Waals surface area contributed by atoms with E-state index in [0.717, 1.165) is 26.3 Å². The minimum Gasteiger partial charge on any atom is -0.267 e. The van der Waals surface area contributed by atoms with E-state index in [1.165, 1.54) is 0 Å². The lowest BCUT2D eigenvalue weighted by Crippen LogP contribution is -2.18. The zero-order valence-corrected chi connectivity index (χ0v) is 17.0. The van der Waals surface area contributed by atoms with Gasteiger partial charge in [0.15, 0.2) is 0 Å². The molecule has 0 aliphatic rings. The number of rotatable bonds is 5. The minimum atomic E-state index is -0.281. The first kappa shape index (κ1) is 18.3. The molecule has 28 heavy (non-hydrogen) atoms. The van der Waals surface area contributed by atoms with Crippen LogP contribution in [0, 0.1) is 0 Å². The fourth-order valence-electron chi connectivity index (χ4n) is 2.67. The summed E-state index contributed by atoms with van der Waals surface area (Å²) < 4.78 is 2.53. The third kappa shape index (κ3) is 3.95. The van der Waals surface area contributed by atoms with Crippen molar-refractivity contribution in [3.8, 4) is 16.3 Å². The number of carbonyl (C=O) groups is 1. The highest BCUT2D eigenvalue weighted by molar-refractivity contribution is 9.10. The number of para-hydroxylation sites is 1. The van der Waals surface area contributed by atoms with E-state index in [2.05, 4.69) is 26.5 Å². The Balaban J connectivity index is 1.61. The Morgan fingerprint density at radius 2 is 1.86 bits per heavy atom. The number of aromatic nitrogens is 2. The molecule has 0 saturated heterocycles. The van der Waals surface area contributed by atoms with Crippen LogP contribution in [0.15, 0.2) is 87.9 Å². The Bertz CT molecular complexity index is 1120. The zero-order chi connectivity index (χ0) is 19.3. The second kappa shape index (κ2) is 8.33. The lowest BCUT2D eigenvalue weighted by molar-refractivity contribution is 0.0954. The van der Waals surface area contributed by atoms with Gasteiger partial charge in [0.05, 0.1) is 22.3 Å². The number of hydrogen-bond donors (Lipinski definition) is 1. The van der Waals surface area contributed by atoms with Crippen LogP contribution in [-0.2, 0) is 0 Å². The number of nitrogens with zero attached hydrogens (tertiary/aromatic N) is 3. The first-order valence-electron chi connectivity index (χ1n) is 8.49. The highest BCUT2D eigenvalue weighted by atomic mass is 79.9. The number of carbonyl (C=O) groups excluding carboxylic acids is 1. The predicted octanol–water partition coefficient (Wildman–Crippen LogP) is 5.13. The average molecular weight is 451 g/mol. The third-order valence-electron chi connectivity index (χ3n) is 4.01. The maximum Gasteiger partial charge on any atom is 0.272 e. The van der Waals surface area contributed by atoms with Crippen LogP contribution < -0.4 is 5.43 Å². The normalized spacial score (nSPS) is 11.0. The Kier molecular flexibility index (Phi) is 5.45. The molecule has 7 heteroatoms. The van der Waals surface area contributed by atoms with Gasteiger partial charge in [-0.25, -0.2) is 10.1 Å². The van der Waals surface area contributed by atoms with E-state index in [0.29, 0.717) is 5.56 Å². The molecular weight excluding hydrogens is 436 g/mol. The fourth-order valence-corrected chi connectivity index (χ4v) is 3.86. The van der Waals surface area contributed by atoms with Gasteiger partial charge in [-0.15, -0.1) is 11.3 Å². The van der Waals surface area contributed by atoms with Crippen LogP contribution in [0.5, 0.6) is 0 Å². The van der Waals surface area contributed by atoms with Gasteiger partial charge in [0, 0.05) is 16.2 Å². The SMILES string of the molecule is O=C(NN=Cc1cn(-c2ccccc2)nc1-c1cccs1)c1ccccc1Br. The Labute approximate surface area is 174 Å². The number of hydrazone groups is 1. The Morgan fingerprint density at radius 3 is 2.61 bits per heavy atom. The molecule has 2 heterocycles. The molecule has 5 nitrogen and oxygen atoms in total. The summed E-state index contributed by atoms with van der Waals surface area (Å²) in [5.74, 6) is -0.281. The molecule has 0 unspecified atom stereocenters. The van der Waals surface area contributed by atoms with Crippen molar-refractivity contribution in [2.24, 2.45) is 5.10 Å². The molecule has 138 valence electrons. The predicted molar refractivity (Wildman–Crippen MR) is 116 cm³/mol. The van der Waals surface area contributed by atoms with Crippen LogP contribution in [0.3, 0.4) is 0 Å². The fraction of sp³-hybridized carbons (Fsp3) is 0. The third-order valence-corrected chi connectivity index (χ3v) is 5.57. The molecule has 4 aromatic rings. The average Bonchev–Trinajstić information content (AvgIpc) is 3.39. The highest BCUT2D eigenvalue weighted by Gasteiger charge is 2.12. The number of hydrogen-bond acceptors (Lipinski definition) is 4. The van der Waals surface area contributed by atoms with E-state index in [1.807, 2.05) is 76.9 Å². The molecule has 0 atom stereocenters. The molecule has 0 fully saturated rings. The lowest BCUT2D eigenvalue weighted by Gasteiger charge is -2.01. The van der Waals surface area contributed by atoms with Crippen LogP contribution >= 0.6 is 27.3 Å². The molecule has 1 amide bonds. The number of amides is 1. The van der Waals surface area contributed by atoms with Gasteiger partial charge in [0.1, 0.15) is 5.69 Å². The van der Waals surface area contributed by atoms with E-state index in [4.69, 9.17) is 5.10 Å². The lowest BCUT2D eigenvalue weighted by atomic mass is 10.2. The van der Waals surface area contributed by atoms with Crippen molar-refractivity contribution in [3.63, 3.8) is 0 Å². The Hall–Kier alpha value is -3.03. The van der Waals surface area contributed by atoms with Gasteiger partial charge < -0.3 is 0 Å². The van der Waals surface area contributed by atoms with Crippen LogP contribution in [0.2, 0.25) is 0 Å². The largest absolute Gasteiger partial charge is 0.272 e. The monoisotopic (exact) mass is 450 g/mol. The summed E-state index contributed by atoms with van der Waals surface area (Å²) in [6.07, 6.45) is 3.52. The molecule has 0 bridgehead atoms. The van der Waals surface area contributed by atoms with Crippen molar-refractivity contribution in [2.45, 2.75) is 0 Å². The van der Waals surface area contributed by atoms with E-state index >= 15 is 0 Å². The molecule has 0 aliphatic carbocycles. The first-order chi connectivity index (χ1) is 13.7. The first-order valence-corrected chi connectivity index (χ1v) is 10.2. The summed E-state index contributed by atoms with van der Waals surface area (Å²) in [5.41, 5.74) is 5.69. The molecular formula is C21H15BrN4OS. The van der Waals surface area contributed by atoms with E-state index in [9.17, 15) is 4.79 Å². The van der Waals surface area contributed by atoms with Gasteiger partial charge in [0.25, 0.3) is 5.91 Å². The number of benzene rings is 2. The molecule has 0 spiro atoms. The molecule has 0 radical (unpaired) electrons. The molecule has 2 aromatic carbocycles. The maximum atomic E-state index is 12.3. The van der Waals surface area contributed by atoms with E-state index in [-0.39, 0.29) is 5.91 Å². The van der Waals surface area contributed by atoms with Crippen molar-refractivity contribution < 1.29 is 4.79 Å². The van der Waals surface area contributed by atoms with Crippen molar-refractivity contribution >= 4 is 39.4 Å². The summed E-state index contributed by atoms with van der Waals surface area (Å²) in [4.78, 5) is 13.4. The van der Waals surface area contributed by atoms with Crippen molar-refractivity contribution in [3.05, 3.63) is 93.9 Å². The summed E-state index contributed by atoms with van der Waals surface area (Å²) in [6, 6.07) is 21.1. The zero-order valence-electron chi connectivity index (χ0n) is 14.6. The molecule has 0 saturated carbocycles. The number of halogens is 1. The molecule has 2 aromatic heterocycles. The van der Waals surface area contributed by atoms with Gasteiger partial charge in [-0.05, 0) is 51.6 Å². The minimum absolute atomic E-state index is 0.281. The van der Waals surface area contributed by atoms with Crippen LogP contribution in [-0.4, -0.2) is 21.9 Å². The quantitative estimate of drug-likeness (QED) is 0.338. The second-order valence-electron chi connectivity index (χ2n) is 5.87. The van der Waals surface area contributed by atoms with Crippen molar-refractivity contribution in [1.29, 1.82) is 0 Å². The smallest absolute Gasteiger partial charge is 0.267 e. The van der Waals surface area contributed by atoms with E-state index in [1.54, 1.807) is 23.6 Å². The van der Waals surface area contributed by atoms with Gasteiger partial charge in [-0.1, -0.05) is 36.4 Å². The maximum absolute atomic E-state index is 12.3. The standard InChI is InChI=1S/C21H15BrN4OS/c22-18-10-5-4-9-17(18)21(27)24-23-13-15-14-26(16-7-2-1-3-8-16)25-20(15)19-11-6-12-28-19/h1-14H,(H,24,27). The van der Waals surface area contributed by atoms with Gasteiger partial charge >= 0.3 is 0 Å². The summed E-state index contributed by atoms with van der Waals surface area (Å²) in [7, 11) is 0. The second-order valence-corrected chi connectivity index (χ2v) is 7.67.